The molecule has 3 heteroatoms. The Bertz CT molecular complexity index is 171. The van der Waals surface area contributed by atoms with Crippen molar-refractivity contribution >= 4 is 16.8 Å². The van der Waals surface area contributed by atoms with Crippen molar-refractivity contribution in [2.24, 2.45) is 10.9 Å². The number of aliphatic imine (C=N–C) groups is 1. The molecule has 2 fully saturated rings. The van der Waals surface area contributed by atoms with Crippen molar-refractivity contribution < 1.29 is 0 Å². The normalized spacial score (nSPS) is 26.8. The summed E-state index contributed by atoms with van der Waals surface area (Å²) in [6, 6.07) is 0.693. The SMILES string of the molecule is CS/C(=N/C1CC1)C1CNC1. The van der Waals surface area contributed by atoms with E-state index < -0.39 is 0 Å². The van der Waals surface area contributed by atoms with Gasteiger partial charge < -0.3 is 5.32 Å². The average molecular weight is 170 g/mol. The van der Waals surface area contributed by atoms with Gasteiger partial charge in [-0.05, 0) is 19.1 Å². The zero-order chi connectivity index (χ0) is 7.68. The third-order valence-corrected chi connectivity index (χ3v) is 3.05. The molecule has 11 heavy (non-hydrogen) atoms. The molecule has 0 bridgehead atoms. The lowest BCUT2D eigenvalue weighted by Gasteiger charge is -2.27. The van der Waals surface area contributed by atoms with E-state index >= 15 is 0 Å². The van der Waals surface area contributed by atoms with Crippen LogP contribution in [0.4, 0.5) is 0 Å². The molecule has 0 aromatic rings. The van der Waals surface area contributed by atoms with Crippen molar-refractivity contribution in [3.05, 3.63) is 0 Å². The van der Waals surface area contributed by atoms with E-state index in [0.717, 1.165) is 19.0 Å². The summed E-state index contributed by atoms with van der Waals surface area (Å²) in [7, 11) is 0. The zero-order valence-electron chi connectivity index (χ0n) is 6.84. The quantitative estimate of drug-likeness (QED) is 0.496. The summed E-state index contributed by atoms with van der Waals surface area (Å²) in [6.45, 7) is 2.29. The summed E-state index contributed by atoms with van der Waals surface area (Å²) in [4.78, 5) is 4.67. The predicted molar refractivity (Wildman–Crippen MR) is 50.3 cm³/mol. The lowest BCUT2D eigenvalue weighted by atomic mass is 10.1. The molecule has 0 radical (unpaired) electrons. The monoisotopic (exact) mass is 170 g/mol. The van der Waals surface area contributed by atoms with Crippen LogP contribution in [-0.2, 0) is 0 Å². The van der Waals surface area contributed by atoms with Gasteiger partial charge in [0.05, 0.1) is 11.1 Å². The topological polar surface area (TPSA) is 24.4 Å². The Kier molecular flexibility index (Phi) is 2.18. The van der Waals surface area contributed by atoms with Crippen LogP contribution in [0.5, 0.6) is 0 Å². The minimum absolute atomic E-state index is 0.693. The second kappa shape index (κ2) is 3.15. The van der Waals surface area contributed by atoms with Gasteiger partial charge in [0.15, 0.2) is 0 Å². The highest BCUT2D eigenvalue weighted by Gasteiger charge is 2.26. The van der Waals surface area contributed by atoms with Gasteiger partial charge in [0.25, 0.3) is 0 Å². The van der Waals surface area contributed by atoms with Gasteiger partial charge in [0, 0.05) is 19.0 Å². The largest absolute Gasteiger partial charge is 0.315 e. The van der Waals surface area contributed by atoms with Crippen molar-refractivity contribution in [2.45, 2.75) is 18.9 Å². The van der Waals surface area contributed by atoms with E-state index in [4.69, 9.17) is 0 Å². The fourth-order valence-electron chi connectivity index (χ4n) is 1.17. The van der Waals surface area contributed by atoms with Gasteiger partial charge >= 0.3 is 0 Å². The molecule has 2 rings (SSSR count). The smallest absolute Gasteiger partial charge is 0.0733 e. The van der Waals surface area contributed by atoms with Gasteiger partial charge in [0.1, 0.15) is 0 Å². The van der Waals surface area contributed by atoms with E-state index in [-0.39, 0.29) is 0 Å². The molecule has 1 heterocycles. The molecule has 1 saturated carbocycles. The highest BCUT2D eigenvalue weighted by molar-refractivity contribution is 8.13. The van der Waals surface area contributed by atoms with Gasteiger partial charge in [-0.3, -0.25) is 4.99 Å². The van der Waals surface area contributed by atoms with Crippen molar-refractivity contribution in [1.82, 2.24) is 5.32 Å². The van der Waals surface area contributed by atoms with Crippen LogP contribution < -0.4 is 5.32 Å². The Hall–Kier alpha value is -0.0200. The number of nitrogens with one attached hydrogen (secondary N) is 1. The number of nitrogens with zero attached hydrogens (tertiary/aromatic N) is 1. The third-order valence-electron chi connectivity index (χ3n) is 2.20. The lowest BCUT2D eigenvalue weighted by Crippen LogP contribution is -2.45. The molecular formula is C8H14N2S. The maximum Gasteiger partial charge on any atom is 0.0733 e. The van der Waals surface area contributed by atoms with Crippen LogP contribution in [0.2, 0.25) is 0 Å². The molecule has 0 aromatic carbocycles. The van der Waals surface area contributed by atoms with E-state index in [1.807, 2.05) is 11.8 Å². The van der Waals surface area contributed by atoms with Gasteiger partial charge in [-0.15, -0.1) is 11.8 Å². The Balaban J connectivity index is 1.92. The van der Waals surface area contributed by atoms with Crippen molar-refractivity contribution in [3.63, 3.8) is 0 Å². The maximum atomic E-state index is 4.67. The molecule has 2 aliphatic rings. The Morgan fingerprint density at radius 3 is 2.55 bits per heavy atom. The Morgan fingerprint density at radius 2 is 2.18 bits per heavy atom. The molecule has 0 amide bonds. The van der Waals surface area contributed by atoms with Gasteiger partial charge in [0.2, 0.25) is 0 Å². The summed E-state index contributed by atoms with van der Waals surface area (Å²) >= 11 is 1.83. The summed E-state index contributed by atoms with van der Waals surface area (Å²) in [5, 5.41) is 4.66. The van der Waals surface area contributed by atoms with Crippen molar-refractivity contribution in [1.29, 1.82) is 0 Å². The zero-order valence-corrected chi connectivity index (χ0v) is 7.66. The molecule has 2 nitrogen and oxygen atoms in total. The fraction of sp³-hybridized carbons (Fsp3) is 0.875. The van der Waals surface area contributed by atoms with Crippen LogP contribution in [0, 0.1) is 5.92 Å². The molecule has 0 unspecified atom stereocenters. The van der Waals surface area contributed by atoms with Crippen LogP contribution >= 0.6 is 11.8 Å². The van der Waals surface area contributed by atoms with E-state index in [2.05, 4.69) is 16.6 Å². The van der Waals surface area contributed by atoms with Crippen molar-refractivity contribution in [3.8, 4) is 0 Å². The predicted octanol–water partition coefficient (Wildman–Crippen LogP) is 1.13. The molecule has 62 valence electrons. The number of hydrogen-bond donors (Lipinski definition) is 1. The van der Waals surface area contributed by atoms with Gasteiger partial charge in [-0.1, -0.05) is 0 Å². The number of hydrogen-bond acceptors (Lipinski definition) is 3. The van der Waals surface area contributed by atoms with Gasteiger partial charge in [-0.2, -0.15) is 0 Å². The molecule has 1 N–H and O–H groups in total. The fourth-order valence-corrected chi connectivity index (χ4v) is 1.93. The van der Waals surface area contributed by atoms with E-state index in [9.17, 15) is 0 Å². The number of rotatable bonds is 2. The van der Waals surface area contributed by atoms with E-state index in [0.29, 0.717) is 6.04 Å². The first-order valence-electron chi connectivity index (χ1n) is 4.22. The molecule has 1 saturated heterocycles. The third kappa shape index (κ3) is 1.76. The van der Waals surface area contributed by atoms with Crippen LogP contribution in [0.15, 0.2) is 4.99 Å². The summed E-state index contributed by atoms with van der Waals surface area (Å²) in [5.41, 5.74) is 0. The highest BCUT2D eigenvalue weighted by Crippen LogP contribution is 2.27. The van der Waals surface area contributed by atoms with Crippen molar-refractivity contribution in [2.75, 3.05) is 19.3 Å². The first-order valence-corrected chi connectivity index (χ1v) is 5.45. The standard InChI is InChI=1S/C8H14N2S/c1-11-8(6-4-9-5-6)10-7-2-3-7/h6-7,9H,2-5H2,1H3/b10-8+. The molecule has 1 aliphatic heterocycles. The van der Waals surface area contributed by atoms with Gasteiger partial charge in [-0.25, -0.2) is 0 Å². The maximum absolute atomic E-state index is 4.67. The van der Waals surface area contributed by atoms with E-state index in [1.165, 1.54) is 17.9 Å². The molecule has 0 spiro atoms. The number of thioether (sulfide) groups is 1. The summed E-state index contributed by atoms with van der Waals surface area (Å²) in [6.07, 6.45) is 4.79. The second-order valence-electron chi connectivity index (χ2n) is 3.26. The molecule has 0 atom stereocenters. The molecular weight excluding hydrogens is 156 g/mol. The molecule has 0 aromatic heterocycles. The molecule has 1 aliphatic carbocycles. The Labute approximate surface area is 71.9 Å². The van der Waals surface area contributed by atoms with Crippen LogP contribution in [0.1, 0.15) is 12.8 Å². The highest BCUT2D eigenvalue weighted by atomic mass is 32.2. The summed E-state index contributed by atoms with van der Waals surface area (Å²) < 4.78 is 0. The van der Waals surface area contributed by atoms with Crippen LogP contribution in [-0.4, -0.2) is 30.4 Å². The minimum Gasteiger partial charge on any atom is -0.315 e. The first kappa shape index (κ1) is 7.62. The Morgan fingerprint density at radius 1 is 1.45 bits per heavy atom. The average Bonchev–Trinajstić information content (AvgIpc) is 2.66. The minimum atomic E-state index is 0.693. The van der Waals surface area contributed by atoms with Crippen LogP contribution in [0.3, 0.4) is 0 Å². The van der Waals surface area contributed by atoms with Crippen LogP contribution in [0.25, 0.3) is 0 Å². The lowest BCUT2D eigenvalue weighted by molar-refractivity contribution is 0.447. The second-order valence-corrected chi connectivity index (χ2v) is 4.08. The van der Waals surface area contributed by atoms with E-state index in [1.54, 1.807) is 0 Å². The summed E-state index contributed by atoms with van der Waals surface area (Å²) in [5.74, 6) is 0.741. The first-order chi connectivity index (χ1) is 5.40.